The van der Waals surface area contributed by atoms with Crippen LogP contribution in [0.1, 0.15) is 24.5 Å². The Morgan fingerprint density at radius 1 is 1.15 bits per heavy atom. The van der Waals surface area contributed by atoms with Crippen molar-refractivity contribution in [2.75, 3.05) is 64.1 Å². The molecule has 1 amide bonds. The van der Waals surface area contributed by atoms with Crippen LogP contribution in [0.5, 0.6) is 0 Å². The topological polar surface area (TPSA) is 159 Å². The second-order valence-corrected chi connectivity index (χ2v) is 11.3. The van der Waals surface area contributed by atoms with Gasteiger partial charge in [-0.2, -0.15) is 0 Å². The molecule has 13 nitrogen and oxygen atoms in total. The van der Waals surface area contributed by atoms with Crippen LogP contribution < -0.4 is 16.4 Å². The molecule has 0 radical (unpaired) electrons. The molecule has 1 saturated heterocycles. The highest BCUT2D eigenvalue weighted by atomic mass is 16.5. The van der Waals surface area contributed by atoms with E-state index < -0.39 is 0 Å². The Hall–Kier alpha value is -4.85. The highest BCUT2D eigenvalue weighted by molar-refractivity contribution is 6.05. The molecule has 3 aromatic heterocycles. The third-order valence-corrected chi connectivity index (χ3v) is 8.26. The number of nitrogens with zero attached hydrogens (tertiary/aromatic N) is 6. The highest BCUT2D eigenvalue weighted by Gasteiger charge is 2.28. The van der Waals surface area contributed by atoms with Crippen LogP contribution in [0.2, 0.25) is 0 Å². The van der Waals surface area contributed by atoms with Crippen LogP contribution in [-0.4, -0.2) is 101 Å². The molecule has 0 bridgehead atoms. The Kier molecular flexibility index (Phi) is 11.5. The average molecular weight is 641 g/mol. The summed E-state index contributed by atoms with van der Waals surface area (Å²) < 4.78 is 11.0. The van der Waals surface area contributed by atoms with Gasteiger partial charge in [-0.1, -0.05) is 37.3 Å². The van der Waals surface area contributed by atoms with Crippen LogP contribution in [-0.2, 0) is 20.9 Å². The fourth-order valence-corrected chi connectivity index (χ4v) is 5.70. The number of rotatable bonds is 14. The SMILES string of the molecule is CCC(C(=O)Nc1nccc2c(-c3nc(NC(C=NC)=C(N)OC)ncc3C)c[nH]c12)N1CCN(CCOCc2ccccc2)CC1. The number of piperazine rings is 1. The Balaban J connectivity index is 1.22. The molecule has 5 rings (SSSR count). The van der Waals surface area contributed by atoms with Crippen molar-refractivity contribution in [3.8, 4) is 11.3 Å². The lowest BCUT2D eigenvalue weighted by atomic mass is 10.1. The van der Waals surface area contributed by atoms with E-state index >= 15 is 0 Å². The number of nitrogens with one attached hydrogen (secondary N) is 3. The monoisotopic (exact) mass is 640 g/mol. The van der Waals surface area contributed by atoms with E-state index in [1.165, 1.54) is 12.7 Å². The Morgan fingerprint density at radius 2 is 1.94 bits per heavy atom. The smallest absolute Gasteiger partial charge is 0.242 e. The van der Waals surface area contributed by atoms with Crippen LogP contribution in [0.15, 0.2) is 71.6 Å². The van der Waals surface area contributed by atoms with Crippen molar-refractivity contribution in [1.29, 1.82) is 0 Å². The number of H-pyrrole nitrogens is 1. The minimum atomic E-state index is -0.260. The molecule has 1 fully saturated rings. The van der Waals surface area contributed by atoms with Gasteiger partial charge in [-0.05, 0) is 30.5 Å². The number of ether oxygens (including phenoxy) is 2. The lowest BCUT2D eigenvalue weighted by Crippen LogP contribution is -2.54. The minimum absolute atomic E-state index is 0.0689. The van der Waals surface area contributed by atoms with Crippen molar-refractivity contribution >= 4 is 34.8 Å². The zero-order valence-corrected chi connectivity index (χ0v) is 27.5. The molecule has 248 valence electrons. The van der Waals surface area contributed by atoms with Crippen molar-refractivity contribution in [1.82, 2.24) is 29.7 Å². The highest BCUT2D eigenvalue weighted by Crippen LogP contribution is 2.32. The van der Waals surface area contributed by atoms with E-state index in [1.54, 1.807) is 25.7 Å². The number of pyridine rings is 1. The first-order valence-corrected chi connectivity index (χ1v) is 15.8. The molecule has 13 heteroatoms. The van der Waals surface area contributed by atoms with Crippen LogP contribution in [0.4, 0.5) is 11.8 Å². The molecule has 0 spiro atoms. The molecular formula is C34H44N10O3. The van der Waals surface area contributed by atoms with Gasteiger partial charge in [-0.3, -0.25) is 19.6 Å². The largest absolute Gasteiger partial charge is 0.481 e. The average Bonchev–Trinajstić information content (AvgIpc) is 3.53. The number of aliphatic imine (C=N–C) groups is 1. The summed E-state index contributed by atoms with van der Waals surface area (Å²) in [6.45, 7) is 9.58. The van der Waals surface area contributed by atoms with Crippen molar-refractivity contribution in [2.45, 2.75) is 32.9 Å². The van der Waals surface area contributed by atoms with Gasteiger partial charge in [0.1, 0.15) is 5.70 Å². The zero-order chi connectivity index (χ0) is 33.2. The molecule has 5 N–H and O–H groups in total. The first-order chi connectivity index (χ1) is 22.9. The van der Waals surface area contributed by atoms with Gasteiger partial charge < -0.3 is 30.8 Å². The van der Waals surface area contributed by atoms with Crippen LogP contribution in [0, 0.1) is 6.92 Å². The van der Waals surface area contributed by atoms with Crippen molar-refractivity contribution in [2.24, 2.45) is 10.7 Å². The molecule has 47 heavy (non-hydrogen) atoms. The molecule has 0 saturated carbocycles. The number of aryl methyl sites for hydroxylation is 1. The second kappa shape index (κ2) is 16.1. The van der Waals surface area contributed by atoms with E-state index in [2.05, 4.69) is 52.5 Å². The summed E-state index contributed by atoms with van der Waals surface area (Å²) in [6, 6.07) is 11.9. The minimum Gasteiger partial charge on any atom is -0.481 e. The van der Waals surface area contributed by atoms with E-state index in [-0.39, 0.29) is 17.8 Å². The summed E-state index contributed by atoms with van der Waals surface area (Å²) in [7, 11) is 3.12. The molecule has 1 aliphatic heterocycles. The van der Waals surface area contributed by atoms with Crippen molar-refractivity contribution < 1.29 is 14.3 Å². The van der Waals surface area contributed by atoms with Gasteiger partial charge in [-0.25, -0.2) is 15.0 Å². The number of fused-ring (bicyclic) bond motifs is 1. The number of benzene rings is 1. The predicted molar refractivity (Wildman–Crippen MR) is 185 cm³/mol. The zero-order valence-electron chi connectivity index (χ0n) is 27.5. The maximum atomic E-state index is 13.6. The summed E-state index contributed by atoms with van der Waals surface area (Å²) in [5.41, 5.74) is 10.8. The van der Waals surface area contributed by atoms with E-state index in [0.717, 1.165) is 60.4 Å². The van der Waals surface area contributed by atoms with E-state index in [1.807, 2.05) is 44.3 Å². The van der Waals surface area contributed by atoms with E-state index in [4.69, 9.17) is 20.2 Å². The molecule has 1 aromatic carbocycles. The van der Waals surface area contributed by atoms with Crippen LogP contribution in [0.25, 0.3) is 22.2 Å². The number of carbonyl (C=O) groups is 1. The second-order valence-electron chi connectivity index (χ2n) is 11.3. The van der Waals surface area contributed by atoms with Crippen LogP contribution in [0.3, 0.4) is 0 Å². The number of hydrogen-bond donors (Lipinski definition) is 4. The maximum Gasteiger partial charge on any atom is 0.242 e. The molecule has 0 aliphatic carbocycles. The number of aromatic nitrogens is 4. The number of allylic oxidation sites excluding steroid dienone is 1. The van der Waals surface area contributed by atoms with Crippen molar-refractivity contribution in [3.63, 3.8) is 0 Å². The van der Waals surface area contributed by atoms with E-state index in [0.29, 0.717) is 37.1 Å². The third-order valence-electron chi connectivity index (χ3n) is 8.26. The Labute approximate surface area is 275 Å². The standard InChI is InChI=1S/C34H44N10O3/c1-5-28(44-15-13-43(14-16-44)17-18-47-22-24-9-7-6-8-10-24)33(45)42-32-30-25(11-12-37-32)26(20-38-30)29-23(2)19-39-34(41-29)40-27(21-36-3)31(35)46-4/h6-12,19-21,28,38H,5,13-18,22,35H2,1-4H3,(H,37,42,45)(H,39,40,41). The number of anilines is 2. The number of methoxy groups -OCH3 is 1. The maximum absolute atomic E-state index is 13.6. The fraction of sp³-hybridized carbons (Fsp3) is 0.382. The van der Waals surface area contributed by atoms with Gasteiger partial charge in [0.25, 0.3) is 0 Å². The number of nitrogens with two attached hydrogens (primary N) is 1. The summed E-state index contributed by atoms with van der Waals surface area (Å²) in [4.78, 5) is 39.3. The number of aromatic amines is 1. The third kappa shape index (κ3) is 8.30. The number of carbonyl (C=O) groups excluding carboxylic acids is 1. The van der Waals surface area contributed by atoms with Gasteiger partial charge in [-0.15, -0.1) is 0 Å². The van der Waals surface area contributed by atoms with Crippen LogP contribution >= 0.6 is 0 Å². The van der Waals surface area contributed by atoms with Gasteiger partial charge in [0.15, 0.2) is 5.82 Å². The predicted octanol–water partition coefficient (Wildman–Crippen LogP) is 3.77. The molecule has 4 heterocycles. The lowest BCUT2D eigenvalue weighted by molar-refractivity contribution is -0.122. The quantitative estimate of drug-likeness (QED) is 0.0908. The van der Waals surface area contributed by atoms with Gasteiger partial charge in [0.05, 0.1) is 37.6 Å². The fourth-order valence-electron chi connectivity index (χ4n) is 5.70. The summed E-state index contributed by atoms with van der Waals surface area (Å²) in [6.07, 6.45) is 7.54. The Morgan fingerprint density at radius 3 is 2.66 bits per heavy atom. The number of amides is 1. The molecule has 4 aromatic rings. The molecule has 1 aliphatic rings. The summed E-state index contributed by atoms with van der Waals surface area (Å²) in [5.74, 6) is 0.911. The first kappa shape index (κ1) is 33.5. The molecular weight excluding hydrogens is 596 g/mol. The van der Waals surface area contributed by atoms with Gasteiger partial charge in [0, 0.05) is 75.5 Å². The molecule has 1 unspecified atom stereocenters. The van der Waals surface area contributed by atoms with Gasteiger partial charge >= 0.3 is 0 Å². The molecule has 1 atom stereocenters. The van der Waals surface area contributed by atoms with Gasteiger partial charge in [0.2, 0.25) is 17.7 Å². The lowest BCUT2D eigenvalue weighted by Gasteiger charge is -2.38. The van der Waals surface area contributed by atoms with E-state index in [9.17, 15) is 4.79 Å². The Bertz CT molecular complexity index is 1700. The number of hydrogen-bond acceptors (Lipinski definition) is 11. The summed E-state index contributed by atoms with van der Waals surface area (Å²) in [5, 5.41) is 7.06. The van der Waals surface area contributed by atoms with Crippen molar-refractivity contribution in [3.05, 3.63) is 77.7 Å². The summed E-state index contributed by atoms with van der Waals surface area (Å²) >= 11 is 0. The normalized spacial score (nSPS) is 15.5. The first-order valence-electron chi connectivity index (χ1n) is 15.8.